The van der Waals surface area contributed by atoms with Gasteiger partial charge < -0.3 is 9.15 Å². The van der Waals surface area contributed by atoms with Crippen LogP contribution in [-0.2, 0) is 14.8 Å². The van der Waals surface area contributed by atoms with Crippen molar-refractivity contribution in [1.29, 1.82) is 0 Å². The molecular formula is C18H14Cl3NO5S. The van der Waals surface area contributed by atoms with E-state index >= 15 is 0 Å². The summed E-state index contributed by atoms with van der Waals surface area (Å²) in [5.41, 5.74) is 0.877. The number of anilines is 1. The lowest BCUT2D eigenvalue weighted by atomic mass is 10.1. The van der Waals surface area contributed by atoms with Gasteiger partial charge in [-0.15, -0.1) is 0 Å². The molecule has 3 rings (SSSR count). The first-order valence-corrected chi connectivity index (χ1v) is 10.6. The Hall–Kier alpha value is -1.93. The second kappa shape index (κ2) is 7.83. The van der Waals surface area contributed by atoms with Crippen molar-refractivity contribution in [1.82, 2.24) is 0 Å². The summed E-state index contributed by atoms with van der Waals surface area (Å²) in [6.45, 7) is 3.52. The van der Waals surface area contributed by atoms with E-state index in [4.69, 9.17) is 44.0 Å². The van der Waals surface area contributed by atoms with Crippen LogP contribution in [0.25, 0.3) is 11.0 Å². The number of hydrogen-bond donors (Lipinski definition) is 1. The topological polar surface area (TPSA) is 85.6 Å². The average molecular weight is 463 g/mol. The largest absolute Gasteiger partial charge is 0.462 e. The highest BCUT2D eigenvalue weighted by Gasteiger charge is 2.23. The van der Waals surface area contributed by atoms with Crippen LogP contribution in [0.15, 0.2) is 39.6 Å². The maximum absolute atomic E-state index is 12.7. The lowest BCUT2D eigenvalue weighted by Gasteiger charge is -2.11. The van der Waals surface area contributed by atoms with Gasteiger partial charge in [-0.3, -0.25) is 4.72 Å². The fraction of sp³-hybridized carbons (Fsp3) is 0.167. The normalized spacial score (nSPS) is 11.6. The molecule has 0 amide bonds. The molecular weight excluding hydrogens is 449 g/mol. The van der Waals surface area contributed by atoms with Crippen LogP contribution in [0.2, 0.25) is 15.1 Å². The number of carbonyl (C=O) groups excluding carboxylic acids is 1. The highest BCUT2D eigenvalue weighted by molar-refractivity contribution is 7.92. The summed E-state index contributed by atoms with van der Waals surface area (Å²) in [5, 5.41) is 0.544. The van der Waals surface area contributed by atoms with Gasteiger partial charge in [-0.05, 0) is 44.2 Å². The maximum Gasteiger partial charge on any atom is 0.342 e. The van der Waals surface area contributed by atoms with Gasteiger partial charge in [0.2, 0.25) is 0 Å². The minimum Gasteiger partial charge on any atom is -0.462 e. The average Bonchev–Trinajstić information content (AvgIpc) is 2.93. The summed E-state index contributed by atoms with van der Waals surface area (Å²) in [6.07, 6.45) is 0. The Kier molecular flexibility index (Phi) is 5.82. The number of nitrogens with one attached hydrogen (secondary N) is 1. The van der Waals surface area contributed by atoms with E-state index in [-0.39, 0.29) is 37.8 Å². The molecule has 0 fully saturated rings. The SMILES string of the molecule is CCOC(=O)c1c(C)oc2ccc(NS(=O)(=O)c3cc(Cl)c(Cl)cc3Cl)cc12. The van der Waals surface area contributed by atoms with Gasteiger partial charge in [-0.25, -0.2) is 13.2 Å². The highest BCUT2D eigenvalue weighted by atomic mass is 35.5. The molecule has 0 radical (unpaired) electrons. The molecule has 0 aliphatic carbocycles. The summed E-state index contributed by atoms with van der Waals surface area (Å²) in [7, 11) is -4.06. The fourth-order valence-electron chi connectivity index (χ4n) is 2.66. The van der Waals surface area contributed by atoms with Crippen molar-refractivity contribution in [2.24, 2.45) is 0 Å². The molecule has 0 unspecified atom stereocenters. The maximum atomic E-state index is 12.7. The van der Waals surface area contributed by atoms with Crippen LogP contribution in [0.5, 0.6) is 0 Å². The van der Waals surface area contributed by atoms with Gasteiger partial charge in [0.05, 0.1) is 21.7 Å². The Morgan fingerprint density at radius 2 is 1.79 bits per heavy atom. The zero-order valence-electron chi connectivity index (χ0n) is 14.7. The standard InChI is InChI=1S/C18H14Cl3NO5S/c1-3-26-18(23)17-9(2)27-15-5-4-10(6-11(15)17)22-28(24,25)16-8-13(20)12(19)7-14(16)21/h4-8,22H,3H2,1-2H3. The zero-order valence-corrected chi connectivity index (χ0v) is 17.8. The van der Waals surface area contributed by atoms with Crippen LogP contribution in [0.1, 0.15) is 23.0 Å². The minimum absolute atomic E-state index is 0.0527. The molecule has 0 aliphatic rings. The monoisotopic (exact) mass is 461 g/mol. The van der Waals surface area contributed by atoms with Gasteiger partial charge in [-0.2, -0.15) is 0 Å². The van der Waals surface area contributed by atoms with Crippen molar-refractivity contribution in [3.8, 4) is 0 Å². The summed E-state index contributed by atoms with van der Waals surface area (Å²) < 4.78 is 38.5. The van der Waals surface area contributed by atoms with Crippen molar-refractivity contribution < 1.29 is 22.4 Å². The van der Waals surface area contributed by atoms with Crippen molar-refractivity contribution >= 4 is 67.5 Å². The lowest BCUT2D eigenvalue weighted by molar-refractivity contribution is 0.0526. The number of hydrogen-bond acceptors (Lipinski definition) is 5. The number of ether oxygens (including phenoxy) is 1. The summed E-state index contributed by atoms with van der Waals surface area (Å²) >= 11 is 17.8. The van der Waals surface area contributed by atoms with Gasteiger partial charge in [0, 0.05) is 11.1 Å². The number of fused-ring (bicyclic) bond motifs is 1. The van der Waals surface area contributed by atoms with Crippen molar-refractivity contribution in [2.75, 3.05) is 11.3 Å². The first kappa shape index (κ1) is 20.8. The van der Waals surface area contributed by atoms with Crippen molar-refractivity contribution in [3.63, 3.8) is 0 Å². The van der Waals surface area contributed by atoms with Crippen LogP contribution >= 0.6 is 34.8 Å². The third-order valence-corrected chi connectivity index (χ3v) is 6.43. The number of halogens is 3. The molecule has 0 saturated carbocycles. The predicted octanol–water partition coefficient (Wildman–Crippen LogP) is 5.68. The molecule has 2 aromatic carbocycles. The summed E-state index contributed by atoms with van der Waals surface area (Å²) in [5.74, 6) is -0.174. The molecule has 0 atom stereocenters. The second-order valence-electron chi connectivity index (χ2n) is 5.77. The molecule has 10 heteroatoms. The Morgan fingerprint density at radius 3 is 2.46 bits per heavy atom. The van der Waals surface area contributed by atoms with Crippen LogP contribution in [-0.4, -0.2) is 21.0 Å². The van der Waals surface area contributed by atoms with Gasteiger partial charge in [0.25, 0.3) is 10.0 Å². The highest BCUT2D eigenvalue weighted by Crippen LogP contribution is 2.34. The van der Waals surface area contributed by atoms with Crippen molar-refractivity contribution in [2.45, 2.75) is 18.7 Å². The van der Waals surface area contributed by atoms with E-state index in [0.717, 1.165) is 0 Å². The molecule has 1 N–H and O–H groups in total. The smallest absolute Gasteiger partial charge is 0.342 e. The number of carbonyl (C=O) groups is 1. The Balaban J connectivity index is 2.04. The quantitative estimate of drug-likeness (QED) is 0.389. The van der Waals surface area contributed by atoms with Crippen LogP contribution < -0.4 is 4.72 Å². The number of esters is 1. The second-order valence-corrected chi connectivity index (χ2v) is 8.64. The van der Waals surface area contributed by atoms with Gasteiger partial charge in [-0.1, -0.05) is 34.8 Å². The number of rotatable bonds is 5. The third-order valence-electron chi connectivity index (χ3n) is 3.86. The molecule has 0 saturated heterocycles. The molecule has 6 nitrogen and oxygen atoms in total. The number of sulfonamides is 1. The summed E-state index contributed by atoms with van der Waals surface area (Å²) in [4.78, 5) is 12.0. The van der Waals surface area contributed by atoms with Crippen LogP contribution in [0.3, 0.4) is 0 Å². The molecule has 28 heavy (non-hydrogen) atoms. The first-order valence-electron chi connectivity index (χ1n) is 8.01. The van der Waals surface area contributed by atoms with E-state index in [2.05, 4.69) is 4.72 Å². The molecule has 0 aliphatic heterocycles. The van der Waals surface area contributed by atoms with E-state index in [1.54, 1.807) is 19.9 Å². The van der Waals surface area contributed by atoms with Crippen molar-refractivity contribution in [3.05, 3.63) is 56.7 Å². The molecule has 148 valence electrons. The summed E-state index contributed by atoms with van der Waals surface area (Å²) in [6, 6.07) is 6.96. The van der Waals surface area contributed by atoms with E-state index in [1.165, 1.54) is 24.3 Å². The van der Waals surface area contributed by atoms with E-state index in [1.807, 2.05) is 0 Å². The van der Waals surface area contributed by atoms with Crippen LogP contribution in [0, 0.1) is 6.92 Å². The van der Waals surface area contributed by atoms with E-state index in [0.29, 0.717) is 16.7 Å². The predicted molar refractivity (Wildman–Crippen MR) is 109 cm³/mol. The molecule has 0 spiro atoms. The molecule has 0 bridgehead atoms. The number of furan rings is 1. The third kappa shape index (κ3) is 3.93. The Morgan fingerprint density at radius 1 is 1.11 bits per heavy atom. The van der Waals surface area contributed by atoms with Gasteiger partial charge >= 0.3 is 5.97 Å². The Bertz CT molecular complexity index is 1190. The van der Waals surface area contributed by atoms with Crippen LogP contribution in [0.4, 0.5) is 5.69 Å². The Labute approximate surface area is 176 Å². The zero-order chi connectivity index (χ0) is 20.6. The van der Waals surface area contributed by atoms with Gasteiger partial charge in [0.1, 0.15) is 21.8 Å². The lowest BCUT2D eigenvalue weighted by Crippen LogP contribution is -2.13. The van der Waals surface area contributed by atoms with E-state index in [9.17, 15) is 13.2 Å². The first-order chi connectivity index (χ1) is 13.1. The minimum atomic E-state index is -4.06. The molecule has 1 aromatic heterocycles. The van der Waals surface area contributed by atoms with Gasteiger partial charge in [0.15, 0.2) is 0 Å². The van der Waals surface area contributed by atoms with E-state index < -0.39 is 16.0 Å². The molecule has 1 heterocycles. The number of benzene rings is 2. The fourth-order valence-corrected chi connectivity index (χ4v) is 4.71. The molecule has 3 aromatic rings. The number of aryl methyl sites for hydroxylation is 1.